The molecule has 0 saturated carbocycles. The summed E-state index contributed by atoms with van der Waals surface area (Å²) in [5, 5.41) is 9.09. The van der Waals surface area contributed by atoms with Crippen LogP contribution in [0.2, 0.25) is 0 Å². The van der Waals surface area contributed by atoms with E-state index in [1.54, 1.807) is 0 Å². The van der Waals surface area contributed by atoms with Gasteiger partial charge >= 0.3 is 0 Å². The van der Waals surface area contributed by atoms with E-state index in [1.807, 2.05) is 66.9 Å². The van der Waals surface area contributed by atoms with Crippen LogP contribution in [0.1, 0.15) is 76.3 Å². The Labute approximate surface area is 229 Å². The lowest BCUT2D eigenvalue weighted by molar-refractivity contribution is 0.668. The molecule has 0 fully saturated rings. The first-order valence-electron chi connectivity index (χ1n) is 12.4. The monoisotopic (exact) mass is 562 g/mol. The minimum Gasteiger partial charge on any atom is -0.143 e. The van der Waals surface area contributed by atoms with Crippen LogP contribution in [0.25, 0.3) is 19.5 Å². The molecule has 0 aliphatic rings. The Bertz CT molecular complexity index is 1020. The van der Waals surface area contributed by atoms with Crippen LogP contribution in [-0.2, 0) is 12.8 Å². The molecule has 34 heavy (non-hydrogen) atoms. The minimum atomic E-state index is 1.21. The second-order valence-electron chi connectivity index (χ2n) is 8.57. The minimum absolute atomic E-state index is 1.21. The molecule has 4 aromatic heterocycles. The van der Waals surface area contributed by atoms with Crippen molar-refractivity contribution >= 4 is 66.9 Å². The van der Waals surface area contributed by atoms with Crippen molar-refractivity contribution in [3.8, 4) is 19.5 Å². The van der Waals surface area contributed by atoms with Gasteiger partial charge in [-0.3, -0.25) is 0 Å². The number of aryl methyl sites for hydroxylation is 2. The maximum absolute atomic E-state index is 2.35. The summed E-state index contributed by atoms with van der Waals surface area (Å²) >= 11 is 7.63. The lowest BCUT2D eigenvalue weighted by Gasteiger charge is -2.07. The molecule has 4 aromatic rings. The molecule has 6 heteroatoms. The van der Waals surface area contributed by atoms with E-state index in [2.05, 4.69) is 59.6 Å². The highest BCUT2D eigenvalue weighted by Gasteiger charge is 2.17. The van der Waals surface area contributed by atoms with Gasteiger partial charge in [0.05, 0.1) is 9.75 Å². The Morgan fingerprint density at radius 2 is 0.912 bits per heavy atom. The molecule has 0 atom stereocenters. The van der Waals surface area contributed by atoms with E-state index in [0.717, 1.165) is 0 Å². The highest BCUT2D eigenvalue weighted by Crippen LogP contribution is 2.50. The topological polar surface area (TPSA) is 0 Å². The first kappa shape index (κ1) is 26.6. The van der Waals surface area contributed by atoms with Crippen molar-refractivity contribution in [2.75, 3.05) is 0 Å². The van der Waals surface area contributed by atoms with Gasteiger partial charge in [-0.15, -0.1) is 45.3 Å². The van der Waals surface area contributed by atoms with Crippen molar-refractivity contribution in [3.05, 3.63) is 56.9 Å². The molecule has 0 amide bonds. The summed E-state index contributed by atoms with van der Waals surface area (Å²) in [5.74, 6) is 0. The third-order valence-electron chi connectivity index (χ3n) is 5.98. The van der Waals surface area contributed by atoms with Crippen molar-refractivity contribution in [2.24, 2.45) is 0 Å². The van der Waals surface area contributed by atoms with Crippen molar-refractivity contribution in [1.29, 1.82) is 0 Å². The third-order valence-corrected chi connectivity index (χ3v) is 12.8. The fraction of sp³-hybridized carbons (Fsp3) is 0.429. The van der Waals surface area contributed by atoms with Crippen LogP contribution >= 0.6 is 66.9 Å². The summed E-state index contributed by atoms with van der Waals surface area (Å²) in [5.41, 5.74) is 3.08. The van der Waals surface area contributed by atoms with E-state index in [1.165, 1.54) is 105 Å². The molecular weight excluding hydrogens is 529 g/mol. The zero-order valence-corrected chi connectivity index (χ0v) is 25.0. The molecule has 0 bridgehead atoms. The fourth-order valence-corrected chi connectivity index (χ4v) is 11.3. The zero-order valence-electron chi connectivity index (χ0n) is 20.1. The molecule has 4 heterocycles. The van der Waals surface area contributed by atoms with Crippen LogP contribution in [0.5, 0.6) is 0 Å². The van der Waals surface area contributed by atoms with E-state index in [4.69, 9.17) is 0 Å². The number of rotatable bonds is 15. The molecule has 0 radical (unpaired) electrons. The van der Waals surface area contributed by atoms with Crippen LogP contribution in [0.4, 0.5) is 0 Å². The van der Waals surface area contributed by atoms with Gasteiger partial charge in [-0.05, 0) is 82.6 Å². The Morgan fingerprint density at radius 3 is 1.35 bits per heavy atom. The first-order valence-corrected chi connectivity index (χ1v) is 18.1. The standard InChI is InChI=1S/C28H34S6/c1-3-5-7-9-11-21-13-17-29-25(21)27-23(15-19-31-27)33-34-24-16-20-32-28(24)26-22(14-18-30-26)12-10-8-6-4-2/h13-20H,3-12H2,1-2H3. The van der Waals surface area contributed by atoms with Gasteiger partial charge < -0.3 is 0 Å². The zero-order chi connectivity index (χ0) is 23.6. The molecule has 182 valence electrons. The summed E-state index contributed by atoms with van der Waals surface area (Å²) in [6.07, 6.45) is 13.0. The van der Waals surface area contributed by atoms with Crippen LogP contribution in [-0.4, -0.2) is 0 Å². The van der Waals surface area contributed by atoms with E-state index >= 15 is 0 Å². The Kier molecular flexibility index (Phi) is 11.2. The fourth-order valence-electron chi connectivity index (χ4n) is 4.10. The van der Waals surface area contributed by atoms with Crippen molar-refractivity contribution < 1.29 is 0 Å². The molecule has 4 rings (SSSR count). The van der Waals surface area contributed by atoms with Gasteiger partial charge in [0.2, 0.25) is 0 Å². The summed E-state index contributed by atoms with van der Waals surface area (Å²) in [4.78, 5) is 8.73. The average Bonchev–Trinajstić information content (AvgIpc) is 3.64. The predicted octanol–water partition coefficient (Wildman–Crippen LogP) is 12.3. The molecule has 0 aliphatic heterocycles. The second kappa shape index (κ2) is 14.3. The summed E-state index contributed by atoms with van der Waals surface area (Å²) in [6, 6.07) is 9.33. The molecule has 0 N–H and O–H groups in total. The predicted molar refractivity (Wildman–Crippen MR) is 163 cm³/mol. The normalized spacial score (nSPS) is 11.5. The molecule has 0 nitrogen and oxygen atoms in total. The van der Waals surface area contributed by atoms with Gasteiger partial charge in [0.1, 0.15) is 0 Å². The Hall–Kier alpha value is -0.500. The van der Waals surface area contributed by atoms with E-state index < -0.39 is 0 Å². The number of thiophene rings is 4. The lowest BCUT2D eigenvalue weighted by atomic mass is 10.1. The SMILES string of the molecule is CCCCCCc1ccsc1-c1sccc1SSc1ccsc1-c1sccc1CCCCCC. The van der Waals surface area contributed by atoms with E-state index in [-0.39, 0.29) is 0 Å². The van der Waals surface area contributed by atoms with Gasteiger partial charge in [-0.1, -0.05) is 74.0 Å². The van der Waals surface area contributed by atoms with Crippen LogP contribution < -0.4 is 0 Å². The Morgan fingerprint density at radius 1 is 0.500 bits per heavy atom. The number of hydrogen-bond acceptors (Lipinski definition) is 6. The van der Waals surface area contributed by atoms with E-state index in [9.17, 15) is 0 Å². The number of unbranched alkanes of at least 4 members (excludes halogenated alkanes) is 6. The highest BCUT2D eigenvalue weighted by atomic mass is 33.1. The summed E-state index contributed by atoms with van der Waals surface area (Å²) < 4.78 is 0. The van der Waals surface area contributed by atoms with E-state index in [0.29, 0.717) is 0 Å². The van der Waals surface area contributed by atoms with Gasteiger partial charge in [0, 0.05) is 19.5 Å². The smallest absolute Gasteiger partial charge is 0.0589 e. The molecular formula is C28H34S6. The van der Waals surface area contributed by atoms with Gasteiger partial charge in [-0.25, -0.2) is 0 Å². The molecule has 0 spiro atoms. The van der Waals surface area contributed by atoms with Crippen LogP contribution in [0.3, 0.4) is 0 Å². The molecule has 0 saturated heterocycles. The van der Waals surface area contributed by atoms with Crippen molar-refractivity contribution in [2.45, 2.75) is 87.8 Å². The maximum atomic E-state index is 2.35. The lowest BCUT2D eigenvalue weighted by Crippen LogP contribution is -1.86. The highest BCUT2D eigenvalue weighted by molar-refractivity contribution is 8.76. The van der Waals surface area contributed by atoms with Crippen molar-refractivity contribution in [1.82, 2.24) is 0 Å². The maximum Gasteiger partial charge on any atom is 0.0589 e. The van der Waals surface area contributed by atoms with Gasteiger partial charge in [-0.2, -0.15) is 0 Å². The van der Waals surface area contributed by atoms with Gasteiger partial charge in [0.25, 0.3) is 0 Å². The van der Waals surface area contributed by atoms with Crippen LogP contribution in [0.15, 0.2) is 55.6 Å². The molecule has 0 unspecified atom stereocenters. The van der Waals surface area contributed by atoms with Crippen LogP contribution in [0, 0.1) is 0 Å². The third kappa shape index (κ3) is 7.04. The number of hydrogen-bond donors (Lipinski definition) is 0. The molecule has 0 aromatic carbocycles. The quantitative estimate of drug-likeness (QED) is 0.104. The second-order valence-corrected chi connectivity index (χ2v) is 14.4. The molecule has 0 aliphatic carbocycles. The first-order chi connectivity index (χ1) is 16.8. The summed E-state index contributed by atoms with van der Waals surface area (Å²) in [6.45, 7) is 4.57. The largest absolute Gasteiger partial charge is 0.143 e. The average molecular weight is 563 g/mol. The van der Waals surface area contributed by atoms with Crippen molar-refractivity contribution in [3.63, 3.8) is 0 Å². The Balaban J connectivity index is 1.42. The summed E-state index contributed by atoms with van der Waals surface area (Å²) in [7, 11) is 3.87. The van der Waals surface area contributed by atoms with Gasteiger partial charge in [0.15, 0.2) is 0 Å².